The van der Waals surface area contributed by atoms with Gasteiger partial charge in [0.25, 0.3) is 0 Å². The fraction of sp³-hybridized carbons (Fsp3) is 0.556. The number of fused-ring (bicyclic) bond motifs is 1. The third-order valence-electron chi connectivity index (χ3n) is 4.89. The zero-order valence-electron chi connectivity index (χ0n) is 13.7. The van der Waals surface area contributed by atoms with Crippen molar-refractivity contribution in [1.29, 1.82) is 0 Å². The molecule has 24 heavy (non-hydrogen) atoms. The monoisotopic (exact) mass is 345 g/mol. The van der Waals surface area contributed by atoms with E-state index in [1.165, 1.54) is 11.4 Å². The van der Waals surface area contributed by atoms with Crippen LogP contribution in [-0.2, 0) is 22.6 Å². The van der Waals surface area contributed by atoms with Crippen molar-refractivity contribution in [3.63, 3.8) is 0 Å². The van der Waals surface area contributed by atoms with E-state index < -0.39 is 0 Å². The van der Waals surface area contributed by atoms with E-state index in [4.69, 9.17) is 9.47 Å². The molecule has 0 amide bonds. The summed E-state index contributed by atoms with van der Waals surface area (Å²) in [4.78, 5) is 11.0. The first-order valence-corrected chi connectivity index (χ1v) is 9.51. The van der Waals surface area contributed by atoms with Crippen molar-refractivity contribution in [2.24, 2.45) is 0 Å². The molecule has 2 aliphatic rings. The second-order valence-electron chi connectivity index (χ2n) is 6.50. The molecule has 3 atom stereocenters. The maximum absolute atomic E-state index is 6.30. The van der Waals surface area contributed by atoms with Gasteiger partial charge in [0.15, 0.2) is 0 Å². The lowest BCUT2D eigenvalue weighted by Crippen LogP contribution is -2.43. The van der Waals surface area contributed by atoms with Crippen LogP contribution in [0.4, 0.5) is 0 Å². The lowest BCUT2D eigenvalue weighted by atomic mass is 9.99. The van der Waals surface area contributed by atoms with Crippen molar-refractivity contribution in [3.05, 3.63) is 46.7 Å². The van der Waals surface area contributed by atoms with Gasteiger partial charge < -0.3 is 9.47 Å². The molecule has 0 N–H and O–H groups in total. The molecule has 2 aromatic heterocycles. The van der Waals surface area contributed by atoms with Gasteiger partial charge >= 0.3 is 0 Å². The van der Waals surface area contributed by atoms with Gasteiger partial charge in [0, 0.05) is 36.6 Å². The second kappa shape index (κ2) is 7.70. The summed E-state index contributed by atoms with van der Waals surface area (Å²) in [6, 6.07) is 4.53. The normalized spacial score (nSPS) is 27.2. The van der Waals surface area contributed by atoms with Crippen LogP contribution in [0.25, 0.3) is 0 Å². The van der Waals surface area contributed by atoms with Crippen LogP contribution in [0.15, 0.2) is 36.1 Å². The van der Waals surface area contributed by atoms with E-state index >= 15 is 0 Å². The van der Waals surface area contributed by atoms with E-state index in [-0.39, 0.29) is 6.10 Å². The SMILES string of the molecule is c1cc(COC[C@@H]2CC[C@H]3[C@H](CCN3Cc3nccs3)O2)ccn1. The van der Waals surface area contributed by atoms with E-state index in [9.17, 15) is 0 Å². The number of hydrogen-bond donors (Lipinski definition) is 0. The third-order valence-corrected chi connectivity index (χ3v) is 5.66. The van der Waals surface area contributed by atoms with Crippen LogP contribution in [0.1, 0.15) is 29.8 Å². The van der Waals surface area contributed by atoms with Crippen LogP contribution >= 0.6 is 11.3 Å². The molecule has 0 aliphatic carbocycles. The highest BCUT2D eigenvalue weighted by Crippen LogP contribution is 2.32. The Balaban J connectivity index is 1.23. The predicted octanol–water partition coefficient (Wildman–Crippen LogP) is 2.88. The molecular weight excluding hydrogens is 322 g/mol. The average Bonchev–Trinajstić information content (AvgIpc) is 3.26. The molecule has 0 bridgehead atoms. The minimum absolute atomic E-state index is 0.230. The average molecular weight is 345 g/mol. The molecule has 4 heterocycles. The number of pyridine rings is 1. The highest BCUT2D eigenvalue weighted by Gasteiger charge is 2.39. The van der Waals surface area contributed by atoms with Gasteiger partial charge in [-0.15, -0.1) is 11.3 Å². The summed E-state index contributed by atoms with van der Waals surface area (Å²) < 4.78 is 12.1. The molecule has 2 saturated heterocycles. The van der Waals surface area contributed by atoms with Crippen molar-refractivity contribution >= 4 is 11.3 Å². The molecule has 0 radical (unpaired) electrons. The minimum atomic E-state index is 0.230. The first kappa shape index (κ1) is 16.1. The Hall–Kier alpha value is -1.34. The van der Waals surface area contributed by atoms with Crippen LogP contribution in [0.2, 0.25) is 0 Å². The van der Waals surface area contributed by atoms with Crippen LogP contribution in [0.5, 0.6) is 0 Å². The Bertz CT molecular complexity index is 622. The number of likely N-dealkylation sites (tertiary alicyclic amines) is 1. The molecule has 0 spiro atoms. The van der Waals surface area contributed by atoms with Gasteiger partial charge in [-0.3, -0.25) is 9.88 Å². The number of nitrogens with zero attached hydrogens (tertiary/aromatic N) is 3. The molecule has 0 aromatic carbocycles. The Labute approximate surface area is 146 Å². The Morgan fingerprint density at radius 1 is 1.21 bits per heavy atom. The smallest absolute Gasteiger partial charge is 0.107 e. The third kappa shape index (κ3) is 3.83. The zero-order valence-corrected chi connectivity index (χ0v) is 14.5. The lowest BCUT2D eigenvalue weighted by molar-refractivity contribution is -0.102. The highest BCUT2D eigenvalue weighted by atomic mass is 32.1. The molecular formula is C18H23N3O2S. The van der Waals surface area contributed by atoms with E-state index in [0.29, 0.717) is 25.4 Å². The molecule has 0 saturated carbocycles. The van der Waals surface area contributed by atoms with E-state index in [1.54, 1.807) is 23.7 Å². The fourth-order valence-electron chi connectivity index (χ4n) is 3.70. The molecule has 5 nitrogen and oxygen atoms in total. The summed E-state index contributed by atoms with van der Waals surface area (Å²) in [5.74, 6) is 0. The van der Waals surface area contributed by atoms with E-state index in [1.807, 2.05) is 18.3 Å². The van der Waals surface area contributed by atoms with Crippen molar-refractivity contribution in [2.45, 2.75) is 50.7 Å². The lowest BCUT2D eigenvalue weighted by Gasteiger charge is -2.35. The number of thiazole rings is 1. The van der Waals surface area contributed by atoms with Gasteiger partial charge in [-0.1, -0.05) is 0 Å². The molecule has 6 heteroatoms. The van der Waals surface area contributed by atoms with Gasteiger partial charge in [0.1, 0.15) is 5.01 Å². The van der Waals surface area contributed by atoms with Crippen LogP contribution in [0, 0.1) is 0 Å². The quantitative estimate of drug-likeness (QED) is 0.806. The summed E-state index contributed by atoms with van der Waals surface area (Å²) in [5, 5.41) is 3.26. The van der Waals surface area contributed by atoms with E-state index in [2.05, 4.69) is 20.2 Å². The Morgan fingerprint density at radius 2 is 2.12 bits per heavy atom. The number of rotatable bonds is 6. The Kier molecular flexibility index (Phi) is 5.18. The first-order valence-electron chi connectivity index (χ1n) is 8.63. The van der Waals surface area contributed by atoms with Gasteiger partial charge in [-0.25, -0.2) is 4.98 Å². The molecule has 2 aliphatic heterocycles. The van der Waals surface area contributed by atoms with E-state index in [0.717, 1.165) is 31.5 Å². The molecule has 0 unspecified atom stereocenters. The van der Waals surface area contributed by atoms with Gasteiger partial charge in [0.2, 0.25) is 0 Å². The number of aromatic nitrogens is 2. The fourth-order valence-corrected chi connectivity index (χ4v) is 4.34. The predicted molar refractivity (Wildman–Crippen MR) is 92.7 cm³/mol. The molecule has 4 rings (SSSR count). The van der Waals surface area contributed by atoms with Gasteiger partial charge in [-0.05, 0) is 37.0 Å². The van der Waals surface area contributed by atoms with Crippen molar-refractivity contribution in [3.8, 4) is 0 Å². The first-order chi connectivity index (χ1) is 11.9. The largest absolute Gasteiger partial charge is 0.374 e. The summed E-state index contributed by atoms with van der Waals surface area (Å²) in [6.45, 7) is 3.38. The summed E-state index contributed by atoms with van der Waals surface area (Å²) in [5.41, 5.74) is 1.16. The minimum Gasteiger partial charge on any atom is -0.374 e. The van der Waals surface area contributed by atoms with Crippen LogP contribution < -0.4 is 0 Å². The maximum atomic E-state index is 6.30. The van der Waals surface area contributed by atoms with Crippen LogP contribution in [-0.4, -0.2) is 46.3 Å². The van der Waals surface area contributed by atoms with Crippen molar-refractivity contribution in [2.75, 3.05) is 13.2 Å². The zero-order chi connectivity index (χ0) is 16.2. The second-order valence-corrected chi connectivity index (χ2v) is 7.48. The maximum Gasteiger partial charge on any atom is 0.107 e. The molecule has 128 valence electrons. The molecule has 2 fully saturated rings. The highest BCUT2D eigenvalue weighted by molar-refractivity contribution is 7.09. The van der Waals surface area contributed by atoms with Gasteiger partial charge in [0.05, 0.1) is 32.0 Å². The molecule has 2 aromatic rings. The summed E-state index contributed by atoms with van der Waals surface area (Å²) in [7, 11) is 0. The summed E-state index contributed by atoms with van der Waals surface area (Å²) >= 11 is 1.74. The summed E-state index contributed by atoms with van der Waals surface area (Å²) in [6.07, 6.45) is 9.47. The van der Waals surface area contributed by atoms with Crippen molar-refractivity contribution in [1.82, 2.24) is 14.9 Å². The topological polar surface area (TPSA) is 47.5 Å². The number of ether oxygens (including phenoxy) is 2. The number of hydrogen-bond acceptors (Lipinski definition) is 6. The van der Waals surface area contributed by atoms with Gasteiger partial charge in [-0.2, -0.15) is 0 Å². The standard InChI is InChI=1S/C18H23N3O2S/c1-2-16-17(5-9-21(16)11-18-20-8-10-24-18)23-15(1)13-22-12-14-3-6-19-7-4-14/h3-4,6-8,10,15-17H,1-2,5,9,11-13H2/t15-,16-,17-/m0/s1. The Morgan fingerprint density at radius 3 is 2.96 bits per heavy atom. The van der Waals surface area contributed by atoms with Crippen LogP contribution in [0.3, 0.4) is 0 Å². The van der Waals surface area contributed by atoms with Crippen molar-refractivity contribution < 1.29 is 9.47 Å².